The molecule has 104 valence electrons. The zero-order valence-electron chi connectivity index (χ0n) is 11.1. The molecule has 1 aliphatic rings. The molecule has 2 rings (SSSR count). The first kappa shape index (κ1) is 13.6. The summed E-state index contributed by atoms with van der Waals surface area (Å²) in [5.41, 5.74) is 0.555. The second-order valence-corrected chi connectivity index (χ2v) is 4.97. The van der Waals surface area contributed by atoms with Gasteiger partial charge in [0.15, 0.2) is 0 Å². The zero-order valence-corrected chi connectivity index (χ0v) is 11.1. The summed E-state index contributed by atoms with van der Waals surface area (Å²) in [6, 6.07) is 2.01. The van der Waals surface area contributed by atoms with E-state index in [4.69, 9.17) is 5.11 Å². The van der Waals surface area contributed by atoms with Crippen LogP contribution >= 0.6 is 0 Å². The maximum Gasteiger partial charge on any atom is 0.305 e. The summed E-state index contributed by atoms with van der Waals surface area (Å²) in [6.45, 7) is 0.212. The van der Waals surface area contributed by atoms with Gasteiger partial charge in [-0.05, 0) is 18.9 Å². The van der Waals surface area contributed by atoms with Crippen LogP contribution < -0.4 is 0 Å². The first-order chi connectivity index (χ1) is 9.09. The lowest BCUT2D eigenvalue weighted by atomic mass is 10.2. The first-order valence-electron chi connectivity index (χ1n) is 6.60. The fraction of sp³-hybridized carbons (Fsp3) is 0.615. The van der Waals surface area contributed by atoms with Gasteiger partial charge >= 0.3 is 5.97 Å². The van der Waals surface area contributed by atoms with E-state index in [0.29, 0.717) is 11.7 Å². The van der Waals surface area contributed by atoms with Crippen molar-refractivity contribution in [3.05, 3.63) is 18.0 Å². The summed E-state index contributed by atoms with van der Waals surface area (Å²) in [7, 11) is 1.62. The molecule has 1 fully saturated rings. The topological polar surface area (TPSA) is 75.4 Å². The van der Waals surface area contributed by atoms with Crippen LogP contribution in [0.15, 0.2) is 12.3 Å². The van der Waals surface area contributed by atoms with Crippen molar-refractivity contribution >= 4 is 11.9 Å². The van der Waals surface area contributed by atoms with E-state index in [1.165, 1.54) is 17.7 Å². The van der Waals surface area contributed by atoms with Gasteiger partial charge in [0.25, 0.3) is 5.91 Å². The molecule has 1 aliphatic carbocycles. The molecule has 1 N–H and O–H groups in total. The summed E-state index contributed by atoms with van der Waals surface area (Å²) >= 11 is 0. The van der Waals surface area contributed by atoms with Crippen molar-refractivity contribution in [2.45, 2.75) is 38.1 Å². The van der Waals surface area contributed by atoms with Crippen LogP contribution in [-0.2, 0) is 4.79 Å². The summed E-state index contributed by atoms with van der Waals surface area (Å²) in [5, 5.41) is 12.9. The number of aromatic nitrogens is 2. The second kappa shape index (κ2) is 5.86. The number of nitrogens with zero attached hydrogens (tertiary/aromatic N) is 3. The van der Waals surface area contributed by atoms with Crippen LogP contribution in [0.3, 0.4) is 0 Å². The number of amides is 1. The monoisotopic (exact) mass is 265 g/mol. The van der Waals surface area contributed by atoms with Gasteiger partial charge in [0, 0.05) is 19.8 Å². The molecule has 1 amide bonds. The number of rotatable bonds is 5. The normalized spacial score (nSPS) is 15.6. The van der Waals surface area contributed by atoms with Crippen LogP contribution in [0.2, 0.25) is 0 Å². The predicted octanol–water partition coefficient (Wildman–Crippen LogP) is 1.54. The van der Waals surface area contributed by atoms with Crippen LogP contribution in [0.5, 0.6) is 0 Å². The molecule has 0 atom stereocenters. The van der Waals surface area contributed by atoms with Gasteiger partial charge in [0.1, 0.15) is 5.69 Å². The lowest BCUT2D eigenvalue weighted by molar-refractivity contribution is -0.137. The molecule has 0 aromatic carbocycles. The van der Waals surface area contributed by atoms with Gasteiger partial charge in [-0.3, -0.25) is 14.3 Å². The Labute approximate surface area is 112 Å². The Balaban J connectivity index is 2.06. The number of carbonyl (C=O) groups is 2. The average molecular weight is 265 g/mol. The number of aliphatic carboxylic acids is 1. The molecule has 6 nitrogen and oxygen atoms in total. The van der Waals surface area contributed by atoms with E-state index < -0.39 is 5.97 Å². The Morgan fingerprint density at radius 1 is 1.47 bits per heavy atom. The van der Waals surface area contributed by atoms with Crippen molar-refractivity contribution in [2.24, 2.45) is 0 Å². The highest BCUT2D eigenvalue weighted by Crippen LogP contribution is 2.29. The Kier molecular flexibility index (Phi) is 4.19. The van der Waals surface area contributed by atoms with Gasteiger partial charge in [0.05, 0.1) is 12.5 Å². The first-order valence-corrected chi connectivity index (χ1v) is 6.60. The highest BCUT2D eigenvalue weighted by molar-refractivity contribution is 5.92. The number of carbonyl (C=O) groups excluding carboxylic acids is 1. The fourth-order valence-corrected chi connectivity index (χ4v) is 2.48. The largest absolute Gasteiger partial charge is 0.481 e. The van der Waals surface area contributed by atoms with Crippen LogP contribution in [0, 0.1) is 0 Å². The maximum absolute atomic E-state index is 12.3. The molecule has 0 spiro atoms. The number of carboxylic acid groups (broad SMARTS) is 1. The molecule has 0 radical (unpaired) electrons. The Hall–Kier alpha value is -1.85. The molecule has 1 aromatic heterocycles. The standard InChI is InChI=1S/C13H19N3O3/c1-15(9-7-12(17)18)13(19)11-6-8-14-16(11)10-4-2-3-5-10/h6,8,10H,2-5,7,9H2,1H3,(H,17,18). The summed E-state index contributed by atoms with van der Waals surface area (Å²) in [6.07, 6.45) is 6.05. The summed E-state index contributed by atoms with van der Waals surface area (Å²) < 4.78 is 1.80. The molecule has 6 heteroatoms. The minimum Gasteiger partial charge on any atom is -0.481 e. The van der Waals surface area contributed by atoms with Crippen molar-refractivity contribution < 1.29 is 14.7 Å². The van der Waals surface area contributed by atoms with Crippen molar-refractivity contribution in [3.63, 3.8) is 0 Å². The highest BCUT2D eigenvalue weighted by Gasteiger charge is 2.24. The fourth-order valence-electron chi connectivity index (χ4n) is 2.48. The molecule has 1 heterocycles. The van der Waals surface area contributed by atoms with Gasteiger partial charge in [-0.25, -0.2) is 0 Å². The van der Waals surface area contributed by atoms with Crippen molar-refractivity contribution in [1.29, 1.82) is 0 Å². The molecular weight excluding hydrogens is 246 g/mol. The predicted molar refractivity (Wildman–Crippen MR) is 68.9 cm³/mol. The third-order valence-corrected chi connectivity index (χ3v) is 3.57. The minimum atomic E-state index is -0.899. The highest BCUT2D eigenvalue weighted by atomic mass is 16.4. The second-order valence-electron chi connectivity index (χ2n) is 4.97. The van der Waals surface area contributed by atoms with Gasteiger partial charge in [-0.15, -0.1) is 0 Å². The van der Waals surface area contributed by atoms with Crippen LogP contribution in [0.4, 0.5) is 0 Å². The Bertz CT molecular complexity index is 463. The molecule has 0 unspecified atom stereocenters. The SMILES string of the molecule is CN(CCC(=O)O)C(=O)c1ccnn1C1CCCC1. The molecule has 0 saturated heterocycles. The summed E-state index contributed by atoms with van der Waals surface area (Å²) in [4.78, 5) is 24.2. The molecule has 1 saturated carbocycles. The third kappa shape index (κ3) is 3.13. The van der Waals surface area contributed by atoms with Crippen LogP contribution in [-0.4, -0.2) is 45.3 Å². The molecule has 0 aliphatic heterocycles. The van der Waals surface area contributed by atoms with Crippen molar-refractivity contribution in [3.8, 4) is 0 Å². The smallest absolute Gasteiger partial charge is 0.305 e. The van der Waals surface area contributed by atoms with Gasteiger partial charge in [-0.2, -0.15) is 5.10 Å². The van der Waals surface area contributed by atoms with E-state index in [2.05, 4.69) is 5.10 Å². The summed E-state index contributed by atoms with van der Waals surface area (Å²) in [5.74, 6) is -1.06. The van der Waals surface area contributed by atoms with E-state index in [0.717, 1.165) is 12.8 Å². The van der Waals surface area contributed by atoms with E-state index >= 15 is 0 Å². The van der Waals surface area contributed by atoms with Gasteiger partial charge in [0.2, 0.25) is 0 Å². The third-order valence-electron chi connectivity index (χ3n) is 3.57. The molecule has 19 heavy (non-hydrogen) atoms. The lowest BCUT2D eigenvalue weighted by Crippen LogP contribution is -2.31. The number of hydrogen-bond acceptors (Lipinski definition) is 3. The Morgan fingerprint density at radius 2 is 2.16 bits per heavy atom. The van der Waals surface area contributed by atoms with Crippen LogP contribution in [0.25, 0.3) is 0 Å². The molecular formula is C13H19N3O3. The van der Waals surface area contributed by atoms with E-state index in [-0.39, 0.29) is 18.9 Å². The van der Waals surface area contributed by atoms with E-state index in [1.807, 2.05) is 0 Å². The van der Waals surface area contributed by atoms with Crippen LogP contribution in [0.1, 0.15) is 48.6 Å². The quantitative estimate of drug-likeness (QED) is 0.876. The maximum atomic E-state index is 12.3. The zero-order chi connectivity index (χ0) is 13.8. The van der Waals surface area contributed by atoms with E-state index in [1.54, 1.807) is 24.0 Å². The van der Waals surface area contributed by atoms with Gasteiger partial charge < -0.3 is 10.0 Å². The number of hydrogen-bond donors (Lipinski definition) is 1. The lowest BCUT2D eigenvalue weighted by Gasteiger charge is -2.19. The molecule has 1 aromatic rings. The minimum absolute atomic E-state index is 0.0419. The average Bonchev–Trinajstić information content (AvgIpc) is 3.03. The number of carboxylic acids is 1. The van der Waals surface area contributed by atoms with Gasteiger partial charge in [-0.1, -0.05) is 12.8 Å². The van der Waals surface area contributed by atoms with E-state index in [9.17, 15) is 9.59 Å². The Morgan fingerprint density at radius 3 is 2.79 bits per heavy atom. The van der Waals surface area contributed by atoms with Crippen molar-refractivity contribution in [2.75, 3.05) is 13.6 Å². The van der Waals surface area contributed by atoms with Crippen molar-refractivity contribution in [1.82, 2.24) is 14.7 Å². The molecule has 0 bridgehead atoms.